The summed E-state index contributed by atoms with van der Waals surface area (Å²) in [7, 11) is -1.53. The first-order chi connectivity index (χ1) is 7.01. The Labute approximate surface area is 90.8 Å². The molecule has 0 aliphatic heterocycles. The van der Waals surface area contributed by atoms with Crippen LogP contribution in [0, 0.1) is 6.92 Å². The predicted octanol–water partition coefficient (Wildman–Crippen LogP) is 1.33. The third-order valence-corrected chi connectivity index (χ3v) is 3.66. The van der Waals surface area contributed by atoms with E-state index in [0.29, 0.717) is 11.4 Å². The Kier molecular flexibility index (Phi) is 3.71. The molecule has 84 valence electrons. The van der Waals surface area contributed by atoms with Crippen molar-refractivity contribution >= 4 is 15.7 Å². The largest absolute Gasteiger partial charge is 0.388 e. The molecule has 0 aliphatic carbocycles. The standard InChI is InChI=1S/C10H16N2O2S/c1-4-12-15(13,14)9-5-6-10(11-3)8(2)7-9/h5-7,11-12H,4H2,1-3H3. The van der Waals surface area contributed by atoms with Crippen LogP contribution in [0.1, 0.15) is 12.5 Å². The van der Waals surface area contributed by atoms with Gasteiger partial charge in [-0.15, -0.1) is 0 Å². The number of sulfonamides is 1. The van der Waals surface area contributed by atoms with Crippen LogP contribution in [0.3, 0.4) is 0 Å². The minimum absolute atomic E-state index is 0.306. The highest BCUT2D eigenvalue weighted by atomic mass is 32.2. The number of hydrogen-bond donors (Lipinski definition) is 2. The van der Waals surface area contributed by atoms with Gasteiger partial charge in [-0.05, 0) is 30.7 Å². The Morgan fingerprint density at radius 1 is 1.33 bits per heavy atom. The van der Waals surface area contributed by atoms with Crippen molar-refractivity contribution in [1.29, 1.82) is 0 Å². The maximum Gasteiger partial charge on any atom is 0.240 e. The van der Waals surface area contributed by atoms with Crippen LogP contribution in [-0.4, -0.2) is 22.0 Å². The summed E-state index contributed by atoms with van der Waals surface area (Å²) < 4.78 is 25.8. The third-order valence-electron chi connectivity index (χ3n) is 2.11. The summed E-state index contributed by atoms with van der Waals surface area (Å²) in [5, 5.41) is 2.99. The van der Waals surface area contributed by atoms with E-state index in [1.165, 1.54) is 0 Å². The van der Waals surface area contributed by atoms with Gasteiger partial charge in [-0.1, -0.05) is 6.92 Å². The van der Waals surface area contributed by atoms with Crippen LogP contribution in [0.2, 0.25) is 0 Å². The summed E-state index contributed by atoms with van der Waals surface area (Å²) in [4.78, 5) is 0.306. The minimum atomic E-state index is -3.34. The van der Waals surface area contributed by atoms with Gasteiger partial charge >= 0.3 is 0 Å². The lowest BCUT2D eigenvalue weighted by molar-refractivity contribution is 0.584. The lowest BCUT2D eigenvalue weighted by Crippen LogP contribution is -2.23. The molecule has 15 heavy (non-hydrogen) atoms. The molecule has 0 aromatic heterocycles. The average molecular weight is 228 g/mol. The number of benzene rings is 1. The number of aryl methyl sites for hydroxylation is 1. The quantitative estimate of drug-likeness (QED) is 0.817. The fraction of sp³-hybridized carbons (Fsp3) is 0.400. The smallest absolute Gasteiger partial charge is 0.240 e. The zero-order valence-corrected chi connectivity index (χ0v) is 9.98. The highest BCUT2D eigenvalue weighted by molar-refractivity contribution is 7.89. The molecule has 0 heterocycles. The normalized spacial score (nSPS) is 11.4. The molecule has 1 aromatic rings. The number of hydrogen-bond acceptors (Lipinski definition) is 3. The first kappa shape index (κ1) is 12.0. The molecule has 0 atom stereocenters. The van der Waals surface area contributed by atoms with E-state index in [4.69, 9.17) is 0 Å². The number of anilines is 1. The molecular weight excluding hydrogens is 212 g/mol. The molecule has 5 heteroatoms. The van der Waals surface area contributed by atoms with Crippen LogP contribution in [0.15, 0.2) is 23.1 Å². The molecule has 0 unspecified atom stereocenters. The lowest BCUT2D eigenvalue weighted by atomic mass is 10.2. The van der Waals surface area contributed by atoms with Crippen LogP contribution in [0.4, 0.5) is 5.69 Å². The fourth-order valence-electron chi connectivity index (χ4n) is 1.36. The second-order valence-corrected chi connectivity index (χ2v) is 5.00. The summed E-state index contributed by atoms with van der Waals surface area (Å²) >= 11 is 0. The van der Waals surface area contributed by atoms with Crippen molar-refractivity contribution in [1.82, 2.24) is 4.72 Å². The summed E-state index contributed by atoms with van der Waals surface area (Å²) in [5.41, 5.74) is 1.85. The van der Waals surface area contributed by atoms with Crippen molar-refractivity contribution in [3.8, 4) is 0 Å². The Morgan fingerprint density at radius 2 is 2.00 bits per heavy atom. The molecule has 0 fully saturated rings. The molecule has 0 saturated heterocycles. The second-order valence-electron chi connectivity index (χ2n) is 3.23. The molecule has 0 amide bonds. The SMILES string of the molecule is CCNS(=O)(=O)c1ccc(NC)c(C)c1. The zero-order valence-electron chi connectivity index (χ0n) is 9.16. The molecule has 0 radical (unpaired) electrons. The summed E-state index contributed by atoms with van der Waals surface area (Å²) in [5.74, 6) is 0. The average Bonchev–Trinajstić information content (AvgIpc) is 2.17. The monoisotopic (exact) mass is 228 g/mol. The van der Waals surface area contributed by atoms with Gasteiger partial charge in [0.1, 0.15) is 0 Å². The summed E-state index contributed by atoms with van der Waals surface area (Å²) in [6.45, 7) is 4.03. The molecular formula is C10H16N2O2S. The van der Waals surface area contributed by atoms with E-state index < -0.39 is 10.0 Å². The van der Waals surface area contributed by atoms with Crippen LogP contribution in [-0.2, 0) is 10.0 Å². The second kappa shape index (κ2) is 4.63. The van der Waals surface area contributed by atoms with Crippen molar-refractivity contribution in [2.45, 2.75) is 18.7 Å². The van der Waals surface area contributed by atoms with E-state index in [9.17, 15) is 8.42 Å². The molecule has 0 saturated carbocycles. The topological polar surface area (TPSA) is 58.2 Å². The van der Waals surface area contributed by atoms with Gasteiger partial charge in [0.2, 0.25) is 10.0 Å². The Balaban J connectivity index is 3.13. The maximum atomic E-state index is 11.7. The van der Waals surface area contributed by atoms with Crippen LogP contribution >= 0.6 is 0 Å². The molecule has 0 aliphatic rings. The van der Waals surface area contributed by atoms with E-state index in [1.54, 1.807) is 32.2 Å². The molecule has 1 aromatic carbocycles. The van der Waals surface area contributed by atoms with E-state index >= 15 is 0 Å². The lowest BCUT2D eigenvalue weighted by Gasteiger charge is -2.08. The summed E-state index contributed by atoms with van der Waals surface area (Å²) in [6, 6.07) is 5.01. The number of rotatable bonds is 4. The Morgan fingerprint density at radius 3 is 2.47 bits per heavy atom. The highest BCUT2D eigenvalue weighted by Crippen LogP contribution is 2.18. The van der Waals surface area contributed by atoms with Gasteiger partial charge in [-0.2, -0.15) is 0 Å². The molecule has 2 N–H and O–H groups in total. The molecule has 1 rings (SSSR count). The van der Waals surface area contributed by atoms with E-state index in [2.05, 4.69) is 10.0 Å². The van der Waals surface area contributed by atoms with E-state index in [1.807, 2.05) is 6.92 Å². The van der Waals surface area contributed by atoms with Gasteiger partial charge in [0, 0.05) is 19.3 Å². The van der Waals surface area contributed by atoms with Crippen molar-refractivity contribution < 1.29 is 8.42 Å². The minimum Gasteiger partial charge on any atom is -0.388 e. The maximum absolute atomic E-state index is 11.7. The van der Waals surface area contributed by atoms with E-state index in [-0.39, 0.29) is 0 Å². The first-order valence-corrected chi connectivity index (χ1v) is 6.27. The van der Waals surface area contributed by atoms with Gasteiger partial charge in [-0.3, -0.25) is 0 Å². The summed E-state index contributed by atoms with van der Waals surface area (Å²) in [6.07, 6.45) is 0. The van der Waals surface area contributed by atoms with Gasteiger partial charge in [0.05, 0.1) is 4.90 Å². The Bertz CT molecular complexity index is 441. The fourth-order valence-corrected chi connectivity index (χ4v) is 2.48. The van der Waals surface area contributed by atoms with E-state index in [0.717, 1.165) is 11.3 Å². The third kappa shape index (κ3) is 2.70. The van der Waals surface area contributed by atoms with Crippen molar-refractivity contribution in [3.63, 3.8) is 0 Å². The predicted molar refractivity (Wildman–Crippen MR) is 61.6 cm³/mol. The molecule has 4 nitrogen and oxygen atoms in total. The Hall–Kier alpha value is -1.07. The highest BCUT2D eigenvalue weighted by Gasteiger charge is 2.12. The van der Waals surface area contributed by atoms with Crippen molar-refractivity contribution in [3.05, 3.63) is 23.8 Å². The van der Waals surface area contributed by atoms with Crippen molar-refractivity contribution in [2.24, 2.45) is 0 Å². The van der Waals surface area contributed by atoms with Crippen LogP contribution < -0.4 is 10.0 Å². The zero-order chi connectivity index (χ0) is 11.5. The van der Waals surface area contributed by atoms with Gasteiger partial charge < -0.3 is 5.32 Å². The molecule has 0 spiro atoms. The number of nitrogens with one attached hydrogen (secondary N) is 2. The van der Waals surface area contributed by atoms with Crippen molar-refractivity contribution in [2.75, 3.05) is 18.9 Å². The van der Waals surface area contributed by atoms with Crippen LogP contribution in [0.25, 0.3) is 0 Å². The van der Waals surface area contributed by atoms with Gasteiger partial charge in [0.25, 0.3) is 0 Å². The van der Waals surface area contributed by atoms with Crippen LogP contribution in [0.5, 0.6) is 0 Å². The van der Waals surface area contributed by atoms with Gasteiger partial charge in [-0.25, -0.2) is 13.1 Å². The molecule has 0 bridgehead atoms. The first-order valence-electron chi connectivity index (χ1n) is 4.79. The van der Waals surface area contributed by atoms with Gasteiger partial charge in [0.15, 0.2) is 0 Å².